The first-order valence-corrected chi connectivity index (χ1v) is 8.80. The van der Waals surface area contributed by atoms with E-state index < -0.39 is 10.0 Å². The van der Waals surface area contributed by atoms with Gasteiger partial charge in [-0.05, 0) is 30.9 Å². The molecule has 0 unspecified atom stereocenters. The number of anilines is 1. The molecule has 0 aliphatic carbocycles. The summed E-state index contributed by atoms with van der Waals surface area (Å²) in [4.78, 5) is -0.0804. The van der Waals surface area contributed by atoms with Crippen LogP contribution in [0.5, 0.6) is 0 Å². The highest BCUT2D eigenvalue weighted by molar-refractivity contribution is 7.89. The topological polar surface area (TPSA) is 72.6 Å². The van der Waals surface area contributed by atoms with E-state index in [4.69, 9.17) is 33.7 Å². The third kappa shape index (κ3) is 3.81. The van der Waals surface area contributed by atoms with Crippen molar-refractivity contribution in [2.45, 2.75) is 17.7 Å². The summed E-state index contributed by atoms with van der Waals surface area (Å²) in [7, 11) is -2.20. The molecule has 5 nitrogen and oxygen atoms in total. The van der Waals surface area contributed by atoms with Gasteiger partial charge in [0.2, 0.25) is 10.0 Å². The molecule has 1 aliphatic heterocycles. The zero-order valence-corrected chi connectivity index (χ0v) is 14.0. The normalized spacial score (nSPS) is 17.3. The molecule has 1 heterocycles. The van der Waals surface area contributed by atoms with Crippen molar-refractivity contribution in [2.24, 2.45) is 5.92 Å². The Morgan fingerprint density at radius 3 is 2.52 bits per heavy atom. The molecule has 1 aromatic rings. The number of sulfonamides is 1. The quantitative estimate of drug-likeness (QED) is 0.845. The molecule has 1 fully saturated rings. The molecule has 2 rings (SSSR count). The van der Waals surface area contributed by atoms with Crippen LogP contribution in [0, 0.1) is 5.92 Å². The zero-order chi connectivity index (χ0) is 15.6. The Kier molecular flexibility index (Phi) is 5.38. The summed E-state index contributed by atoms with van der Waals surface area (Å²) in [5.41, 5.74) is 5.85. The minimum Gasteiger partial charge on any atom is -0.398 e. The second-order valence-corrected chi connectivity index (χ2v) is 7.97. The van der Waals surface area contributed by atoms with Crippen molar-refractivity contribution >= 4 is 38.9 Å². The van der Waals surface area contributed by atoms with Crippen molar-refractivity contribution in [1.82, 2.24) is 4.31 Å². The number of nitrogens with zero attached hydrogens (tertiary/aromatic N) is 1. The van der Waals surface area contributed by atoms with Crippen molar-refractivity contribution < 1.29 is 13.2 Å². The highest BCUT2D eigenvalue weighted by Crippen LogP contribution is 2.33. The van der Waals surface area contributed by atoms with Gasteiger partial charge in [-0.3, -0.25) is 0 Å². The smallest absolute Gasteiger partial charge is 0.246 e. The lowest BCUT2D eigenvalue weighted by Crippen LogP contribution is -2.34. The number of hydrogen-bond acceptors (Lipinski definition) is 4. The minimum absolute atomic E-state index is 0.0406. The fourth-order valence-electron chi connectivity index (χ4n) is 2.40. The van der Waals surface area contributed by atoms with Crippen molar-refractivity contribution in [3.63, 3.8) is 0 Å². The van der Waals surface area contributed by atoms with E-state index >= 15 is 0 Å². The molecule has 0 spiro atoms. The van der Waals surface area contributed by atoms with Gasteiger partial charge in [-0.25, -0.2) is 12.7 Å². The van der Waals surface area contributed by atoms with Crippen LogP contribution in [0.3, 0.4) is 0 Å². The van der Waals surface area contributed by atoms with Gasteiger partial charge >= 0.3 is 0 Å². The highest BCUT2D eigenvalue weighted by atomic mass is 35.5. The summed E-state index contributed by atoms with van der Waals surface area (Å²) in [6.45, 7) is 1.76. The predicted molar refractivity (Wildman–Crippen MR) is 84.2 cm³/mol. The van der Waals surface area contributed by atoms with Crippen molar-refractivity contribution in [3.05, 3.63) is 22.2 Å². The Morgan fingerprint density at radius 2 is 1.95 bits per heavy atom. The molecule has 0 bridgehead atoms. The number of nitrogen functional groups attached to an aromatic ring is 1. The molecule has 1 aromatic carbocycles. The van der Waals surface area contributed by atoms with Crippen LogP contribution < -0.4 is 5.73 Å². The molecular formula is C13H18Cl2N2O3S. The van der Waals surface area contributed by atoms with Crippen LogP contribution in [0.4, 0.5) is 5.69 Å². The van der Waals surface area contributed by atoms with Gasteiger partial charge in [0, 0.05) is 31.8 Å². The molecule has 21 heavy (non-hydrogen) atoms. The monoisotopic (exact) mass is 352 g/mol. The Bertz CT molecular complexity index is 593. The Morgan fingerprint density at radius 1 is 1.33 bits per heavy atom. The number of benzene rings is 1. The lowest BCUT2D eigenvalue weighted by molar-refractivity contribution is 0.0620. The number of ether oxygens (including phenoxy) is 1. The fourth-order valence-corrected chi connectivity index (χ4v) is 4.58. The van der Waals surface area contributed by atoms with Gasteiger partial charge in [0.1, 0.15) is 4.90 Å². The number of hydrogen-bond donors (Lipinski definition) is 1. The van der Waals surface area contributed by atoms with Gasteiger partial charge < -0.3 is 10.5 Å². The lowest BCUT2D eigenvalue weighted by atomic mass is 10.0. The lowest BCUT2D eigenvalue weighted by Gasteiger charge is -2.27. The summed E-state index contributed by atoms with van der Waals surface area (Å²) < 4.78 is 31.9. The fraction of sp³-hybridized carbons (Fsp3) is 0.538. The second kappa shape index (κ2) is 6.71. The predicted octanol–water partition coefficient (Wildman–Crippen LogP) is 2.62. The molecule has 0 saturated carbocycles. The number of nitrogens with two attached hydrogens (primary N) is 1. The maximum absolute atomic E-state index is 12.6. The summed E-state index contributed by atoms with van der Waals surface area (Å²) in [6.07, 6.45) is 1.70. The molecule has 0 amide bonds. The first-order chi connectivity index (χ1) is 9.82. The van der Waals surface area contributed by atoms with Crippen LogP contribution in [0.25, 0.3) is 0 Å². The number of halogens is 2. The average Bonchev–Trinajstić information content (AvgIpc) is 2.38. The van der Waals surface area contributed by atoms with E-state index in [1.165, 1.54) is 23.5 Å². The van der Waals surface area contributed by atoms with Gasteiger partial charge in [-0.2, -0.15) is 0 Å². The Balaban J connectivity index is 2.24. The molecule has 8 heteroatoms. The molecule has 1 aliphatic rings. The summed E-state index contributed by atoms with van der Waals surface area (Å²) in [6, 6.07) is 2.78. The summed E-state index contributed by atoms with van der Waals surface area (Å²) >= 11 is 11.8. The van der Waals surface area contributed by atoms with Crippen LogP contribution in [0.2, 0.25) is 10.0 Å². The molecular weight excluding hydrogens is 335 g/mol. The Labute approximate surface area is 135 Å². The first-order valence-electron chi connectivity index (χ1n) is 6.61. The van der Waals surface area contributed by atoms with Gasteiger partial charge in [0.25, 0.3) is 0 Å². The van der Waals surface area contributed by atoms with Gasteiger partial charge in [0.05, 0.1) is 10.7 Å². The minimum atomic E-state index is -3.74. The van der Waals surface area contributed by atoms with Gasteiger partial charge in [0.15, 0.2) is 0 Å². The molecule has 0 aromatic heterocycles. The van der Waals surface area contributed by atoms with E-state index in [-0.39, 0.29) is 21.5 Å². The van der Waals surface area contributed by atoms with Gasteiger partial charge in [-0.15, -0.1) is 0 Å². The third-order valence-electron chi connectivity index (χ3n) is 3.56. The number of rotatable bonds is 4. The standard InChI is InChI=1S/C13H18Cl2N2O3S/c1-17(8-9-2-4-20-5-3-9)21(18,19)13-11(15)6-10(14)7-12(13)16/h6-7,9H,2-5,8,16H2,1H3. The van der Waals surface area contributed by atoms with Crippen molar-refractivity contribution in [2.75, 3.05) is 32.5 Å². The van der Waals surface area contributed by atoms with Crippen LogP contribution >= 0.6 is 23.2 Å². The summed E-state index contributed by atoms with van der Waals surface area (Å²) in [5.74, 6) is 0.283. The van der Waals surface area contributed by atoms with E-state index in [2.05, 4.69) is 0 Å². The average molecular weight is 353 g/mol. The summed E-state index contributed by atoms with van der Waals surface area (Å²) in [5, 5.41) is 0.349. The van der Waals surface area contributed by atoms with Crippen LogP contribution in [0.15, 0.2) is 17.0 Å². The maximum Gasteiger partial charge on any atom is 0.246 e. The first kappa shape index (κ1) is 16.8. The SMILES string of the molecule is CN(CC1CCOCC1)S(=O)(=O)c1c(N)cc(Cl)cc1Cl. The maximum atomic E-state index is 12.6. The van der Waals surface area contributed by atoms with E-state index in [0.717, 1.165) is 12.8 Å². The molecule has 0 atom stereocenters. The highest BCUT2D eigenvalue weighted by Gasteiger charge is 2.29. The van der Waals surface area contributed by atoms with E-state index in [1.54, 1.807) is 0 Å². The van der Waals surface area contributed by atoms with Crippen LogP contribution in [0.1, 0.15) is 12.8 Å². The molecule has 0 radical (unpaired) electrons. The van der Waals surface area contributed by atoms with Crippen molar-refractivity contribution in [1.29, 1.82) is 0 Å². The third-order valence-corrected chi connectivity index (χ3v) is 6.13. The zero-order valence-electron chi connectivity index (χ0n) is 11.7. The molecule has 1 saturated heterocycles. The molecule has 2 N–H and O–H groups in total. The second-order valence-electron chi connectivity index (χ2n) is 5.15. The van der Waals surface area contributed by atoms with E-state index in [0.29, 0.717) is 24.8 Å². The van der Waals surface area contributed by atoms with Crippen LogP contribution in [-0.2, 0) is 14.8 Å². The molecule has 118 valence electrons. The van der Waals surface area contributed by atoms with Crippen molar-refractivity contribution in [3.8, 4) is 0 Å². The van der Waals surface area contributed by atoms with E-state index in [1.807, 2.05) is 0 Å². The largest absolute Gasteiger partial charge is 0.398 e. The Hall–Kier alpha value is -0.530. The van der Waals surface area contributed by atoms with E-state index in [9.17, 15) is 8.42 Å². The van der Waals surface area contributed by atoms with Crippen LogP contribution in [-0.4, -0.2) is 39.5 Å². The van der Waals surface area contributed by atoms with Gasteiger partial charge in [-0.1, -0.05) is 23.2 Å².